The predicted molar refractivity (Wildman–Crippen MR) is 137 cm³/mol. The zero-order chi connectivity index (χ0) is 25.3. The predicted octanol–water partition coefficient (Wildman–Crippen LogP) is 4.74. The normalized spacial score (nSPS) is 17.2. The van der Waals surface area contributed by atoms with E-state index in [0.717, 1.165) is 15.7 Å². The van der Waals surface area contributed by atoms with Gasteiger partial charge in [0.25, 0.3) is 11.8 Å². The quantitative estimate of drug-likeness (QED) is 0.310. The van der Waals surface area contributed by atoms with Crippen LogP contribution in [0.15, 0.2) is 97.1 Å². The number of urea groups is 1. The highest BCUT2D eigenvalue weighted by Gasteiger charge is 2.50. The molecule has 7 nitrogen and oxygen atoms in total. The lowest BCUT2D eigenvalue weighted by Gasteiger charge is -2.24. The summed E-state index contributed by atoms with van der Waals surface area (Å²) in [6.07, 6.45) is 0. The van der Waals surface area contributed by atoms with Gasteiger partial charge in [-0.3, -0.25) is 19.3 Å². The van der Waals surface area contributed by atoms with Gasteiger partial charge >= 0.3 is 6.03 Å². The number of fused-ring (bicyclic) bond motifs is 1. The van der Waals surface area contributed by atoms with Crippen molar-refractivity contribution in [2.24, 2.45) is 0 Å². The molecule has 0 radical (unpaired) electrons. The average molecular weight is 478 g/mol. The van der Waals surface area contributed by atoms with Crippen LogP contribution in [0.4, 0.5) is 10.5 Å². The number of imide groups is 1. The van der Waals surface area contributed by atoms with Crippen molar-refractivity contribution in [1.29, 1.82) is 0 Å². The number of carbonyl (C=O) groups excluding carboxylic acids is 4. The van der Waals surface area contributed by atoms with Crippen molar-refractivity contribution in [3.8, 4) is 0 Å². The molecular formula is C29H23N3O4. The first-order chi connectivity index (χ1) is 17.4. The highest BCUT2D eigenvalue weighted by molar-refractivity contribution is 6.12. The fraction of sp³-hybridized carbons (Fsp3) is 0.103. The summed E-state index contributed by atoms with van der Waals surface area (Å²) in [5.74, 6) is -1.13. The lowest BCUT2D eigenvalue weighted by atomic mass is 9.88. The van der Waals surface area contributed by atoms with Crippen LogP contribution >= 0.6 is 0 Å². The van der Waals surface area contributed by atoms with Gasteiger partial charge in [-0.2, -0.15) is 0 Å². The maximum Gasteiger partial charge on any atom is 0.325 e. The Morgan fingerprint density at radius 3 is 2.22 bits per heavy atom. The van der Waals surface area contributed by atoms with Gasteiger partial charge in [0.1, 0.15) is 5.54 Å². The molecule has 1 atom stereocenters. The van der Waals surface area contributed by atoms with Crippen molar-refractivity contribution in [2.75, 3.05) is 11.9 Å². The Labute approximate surface area is 207 Å². The Morgan fingerprint density at radius 1 is 0.806 bits per heavy atom. The number of nitrogens with one attached hydrogen (secondary N) is 2. The molecule has 1 saturated heterocycles. The first kappa shape index (κ1) is 23.0. The number of anilines is 1. The van der Waals surface area contributed by atoms with Gasteiger partial charge in [-0.05, 0) is 59.7 Å². The van der Waals surface area contributed by atoms with E-state index in [4.69, 9.17) is 0 Å². The minimum Gasteiger partial charge on any atom is -0.322 e. The Kier molecular flexibility index (Phi) is 5.82. The van der Waals surface area contributed by atoms with Crippen molar-refractivity contribution in [1.82, 2.24) is 10.2 Å². The molecule has 0 saturated carbocycles. The SMILES string of the molecule is C[C@]1(c2cccc3ccccc23)NC(=O)N(CC(=O)c2ccc(NC(=O)c3ccccc3)cc2)C1=O. The molecule has 4 amide bonds. The molecule has 36 heavy (non-hydrogen) atoms. The molecule has 2 N–H and O–H groups in total. The Bertz CT molecular complexity index is 1490. The Balaban J connectivity index is 1.31. The van der Waals surface area contributed by atoms with Gasteiger partial charge in [0.2, 0.25) is 0 Å². The van der Waals surface area contributed by atoms with Crippen LogP contribution in [0, 0.1) is 0 Å². The third-order valence-corrected chi connectivity index (χ3v) is 6.41. The van der Waals surface area contributed by atoms with E-state index in [9.17, 15) is 19.2 Å². The minimum absolute atomic E-state index is 0.262. The third kappa shape index (κ3) is 4.11. The van der Waals surface area contributed by atoms with Crippen LogP contribution in [0.5, 0.6) is 0 Å². The van der Waals surface area contributed by atoms with Crippen LogP contribution < -0.4 is 10.6 Å². The van der Waals surface area contributed by atoms with Crippen LogP contribution in [0.25, 0.3) is 10.8 Å². The highest BCUT2D eigenvalue weighted by atomic mass is 16.2. The van der Waals surface area contributed by atoms with E-state index in [1.165, 1.54) is 0 Å². The molecular weight excluding hydrogens is 454 g/mol. The average Bonchev–Trinajstić information content (AvgIpc) is 3.12. The summed E-state index contributed by atoms with van der Waals surface area (Å²) < 4.78 is 0. The molecule has 4 aromatic rings. The molecule has 1 aliphatic rings. The van der Waals surface area contributed by atoms with Crippen molar-refractivity contribution in [2.45, 2.75) is 12.5 Å². The second-order valence-corrected chi connectivity index (χ2v) is 8.79. The molecule has 1 aliphatic heterocycles. The number of ketones is 1. The third-order valence-electron chi connectivity index (χ3n) is 6.41. The molecule has 5 rings (SSSR count). The summed E-state index contributed by atoms with van der Waals surface area (Å²) in [5.41, 5.74) is 0.757. The molecule has 0 bridgehead atoms. The lowest BCUT2D eigenvalue weighted by Crippen LogP contribution is -2.41. The van der Waals surface area contributed by atoms with E-state index in [0.29, 0.717) is 22.4 Å². The number of nitrogens with zero attached hydrogens (tertiary/aromatic N) is 1. The topological polar surface area (TPSA) is 95.6 Å². The molecule has 1 heterocycles. The first-order valence-corrected chi connectivity index (χ1v) is 11.5. The van der Waals surface area contributed by atoms with Gasteiger partial charge in [-0.25, -0.2) is 4.79 Å². The molecule has 178 valence electrons. The van der Waals surface area contributed by atoms with E-state index in [2.05, 4.69) is 10.6 Å². The highest BCUT2D eigenvalue weighted by Crippen LogP contribution is 2.34. The monoisotopic (exact) mass is 477 g/mol. The van der Waals surface area contributed by atoms with Gasteiger partial charge in [0, 0.05) is 16.8 Å². The number of Topliss-reactive ketones (excluding diaryl/α,β-unsaturated/α-hetero) is 1. The molecule has 0 aromatic heterocycles. The zero-order valence-electron chi connectivity index (χ0n) is 19.5. The zero-order valence-corrected chi connectivity index (χ0v) is 19.5. The number of rotatable bonds is 6. The van der Waals surface area contributed by atoms with Crippen molar-refractivity contribution in [3.63, 3.8) is 0 Å². The van der Waals surface area contributed by atoms with Crippen LogP contribution in [0.2, 0.25) is 0 Å². The number of carbonyl (C=O) groups is 4. The van der Waals surface area contributed by atoms with E-state index in [-0.39, 0.29) is 18.2 Å². The van der Waals surface area contributed by atoms with Gasteiger partial charge in [0.05, 0.1) is 6.54 Å². The summed E-state index contributed by atoms with van der Waals surface area (Å²) in [4.78, 5) is 52.4. The standard InChI is InChI=1S/C29H23N3O4/c1-29(24-13-7-11-19-8-5-6-12-23(19)24)27(35)32(28(36)31-29)18-25(33)20-14-16-22(17-15-20)30-26(34)21-9-3-2-4-10-21/h2-17H,18H2,1H3,(H,30,34)(H,31,36)/t29-/m1/s1. The Morgan fingerprint density at radius 2 is 1.47 bits per heavy atom. The van der Waals surface area contributed by atoms with E-state index >= 15 is 0 Å². The second kappa shape index (κ2) is 9.11. The van der Waals surface area contributed by atoms with Crippen molar-refractivity contribution in [3.05, 3.63) is 114 Å². The largest absolute Gasteiger partial charge is 0.325 e. The Hall–Kier alpha value is -4.78. The molecule has 1 fully saturated rings. The summed E-state index contributed by atoms with van der Waals surface area (Å²) in [6, 6.07) is 27.7. The van der Waals surface area contributed by atoms with Crippen LogP contribution in [0.3, 0.4) is 0 Å². The summed E-state index contributed by atoms with van der Waals surface area (Å²) >= 11 is 0. The maximum atomic E-state index is 13.4. The maximum absolute atomic E-state index is 13.4. The van der Waals surface area contributed by atoms with Gasteiger partial charge in [-0.1, -0.05) is 60.7 Å². The fourth-order valence-electron chi connectivity index (χ4n) is 4.45. The molecule has 0 spiro atoms. The van der Waals surface area contributed by atoms with Gasteiger partial charge < -0.3 is 10.6 Å². The number of amides is 4. The van der Waals surface area contributed by atoms with E-state index < -0.39 is 17.5 Å². The molecule has 4 aromatic carbocycles. The van der Waals surface area contributed by atoms with Crippen LogP contribution in [0.1, 0.15) is 33.2 Å². The van der Waals surface area contributed by atoms with Crippen molar-refractivity contribution < 1.29 is 19.2 Å². The smallest absolute Gasteiger partial charge is 0.322 e. The summed E-state index contributed by atoms with van der Waals surface area (Å²) in [7, 11) is 0. The number of benzene rings is 4. The molecule has 0 unspecified atom stereocenters. The van der Waals surface area contributed by atoms with E-state index in [1.807, 2.05) is 48.5 Å². The second-order valence-electron chi connectivity index (χ2n) is 8.79. The van der Waals surface area contributed by atoms with Crippen molar-refractivity contribution >= 4 is 40.1 Å². The molecule has 0 aliphatic carbocycles. The number of hydrogen-bond donors (Lipinski definition) is 2. The van der Waals surface area contributed by atoms with E-state index in [1.54, 1.807) is 55.5 Å². The number of hydrogen-bond acceptors (Lipinski definition) is 4. The first-order valence-electron chi connectivity index (χ1n) is 11.5. The fourth-order valence-corrected chi connectivity index (χ4v) is 4.45. The van der Waals surface area contributed by atoms with Crippen LogP contribution in [-0.4, -0.2) is 35.1 Å². The van der Waals surface area contributed by atoms with Crippen LogP contribution in [-0.2, 0) is 10.3 Å². The summed E-state index contributed by atoms with van der Waals surface area (Å²) in [5, 5.41) is 7.37. The van der Waals surface area contributed by atoms with Gasteiger partial charge in [-0.15, -0.1) is 0 Å². The molecule has 7 heteroatoms. The van der Waals surface area contributed by atoms with Gasteiger partial charge in [0.15, 0.2) is 5.78 Å². The lowest BCUT2D eigenvalue weighted by molar-refractivity contribution is -0.130. The summed E-state index contributed by atoms with van der Waals surface area (Å²) in [6.45, 7) is 1.27. The minimum atomic E-state index is -1.29.